The molecular weight excluding hydrogens is 326 g/mol. The molecule has 0 spiro atoms. The minimum Gasteiger partial charge on any atom is -0.487 e. The van der Waals surface area contributed by atoms with Gasteiger partial charge in [-0.05, 0) is 30.2 Å². The zero-order valence-corrected chi connectivity index (χ0v) is 15.1. The third-order valence-electron chi connectivity index (χ3n) is 4.35. The molecule has 5 nitrogen and oxygen atoms in total. The Labute approximate surface area is 153 Å². The molecule has 3 rings (SSSR count). The van der Waals surface area contributed by atoms with Crippen molar-refractivity contribution in [1.82, 2.24) is 15.1 Å². The van der Waals surface area contributed by atoms with Crippen molar-refractivity contribution >= 4 is 5.91 Å². The number of amides is 1. The molecule has 1 heterocycles. The number of carbonyl (C=O) groups is 1. The summed E-state index contributed by atoms with van der Waals surface area (Å²) in [6.07, 6.45) is 0.834. The minimum absolute atomic E-state index is 0.0180. The molecule has 5 heteroatoms. The minimum atomic E-state index is -0.108. The summed E-state index contributed by atoms with van der Waals surface area (Å²) in [6.45, 7) is 2.41. The summed E-state index contributed by atoms with van der Waals surface area (Å²) >= 11 is 0. The third-order valence-corrected chi connectivity index (χ3v) is 4.35. The van der Waals surface area contributed by atoms with Crippen molar-refractivity contribution in [1.29, 1.82) is 0 Å². The largest absolute Gasteiger partial charge is 0.487 e. The van der Waals surface area contributed by atoms with Crippen molar-refractivity contribution < 1.29 is 9.53 Å². The van der Waals surface area contributed by atoms with Gasteiger partial charge in [-0.3, -0.25) is 9.89 Å². The summed E-state index contributed by atoms with van der Waals surface area (Å²) in [5.41, 5.74) is 2.28. The number of hydrogen-bond donors (Lipinski definition) is 1. The molecule has 0 saturated heterocycles. The van der Waals surface area contributed by atoms with Gasteiger partial charge in [0.05, 0.1) is 11.7 Å². The average molecular weight is 349 g/mol. The Hall–Kier alpha value is -3.08. The number of nitrogens with one attached hydrogen (secondary N) is 1. The summed E-state index contributed by atoms with van der Waals surface area (Å²) in [5, 5.41) is 7.05. The molecule has 26 heavy (non-hydrogen) atoms. The lowest BCUT2D eigenvalue weighted by atomic mass is 10.0. The highest BCUT2D eigenvalue weighted by atomic mass is 16.5. The maximum Gasteiger partial charge on any atom is 0.274 e. The van der Waals surface area contributed by atoms with Crippen molar-refractivity contribution in [2.45, 2.75) is 26.0 Å². The quantitative estimate of drug-likeness (QED) is 0.695. The fourth-order valence-corrected chi connectivity index (χ4v) is 2.95. The number of nitrogens with zero attached hydrogens (tertiary/aromatic N) is 2. The number of para-hydroxylation sites is 1. The van der Waals surface area contributed by atoms with Crippen LogP contribution in [0.4, 0.5) is 0 Å². The van der Waals surface area contributed by atoms with E-state index in [1.54, 1.807) is 11.0 Å². The molecule has 0 radical (unpaired) electrons. The van der Waals surface area contributed by atoms with Crippen LogP contribution in [0.25, 0.3) is 0 Å². The number of aromatic nitrogens is 2. The first-order valence-corrected chi connectivity index (χ1v) is 8.73. The van der Waals surface area contributed by atoms with Gasteiger partial charge in [-0.15, -0.1) is 0 Å². The molecule has 0 fully saturated rings. The number of rotatable bonds is 7. The third kappa shape index (κ3) is 4.11. The maximum absolute atomic E-state index is 12.8. The van der Waals surface area contributed by atoms with Crippen LogP contribution in [0.2, 0.25) is 0 Å². The highest BCUT2D eigenvalue weighted by Gasteiger charge is 2.23. The van der Waals surface area contributed by atoms with Gasteiger partial charge in [-0.2, -0.15) is 5.10 Å². The highest BCUT2D eigenvalue weighted by molar-refractivity contribution is 5.92. The Balaban J connectivity index is 1.67. The fourth-order valence-electron chi connectivity index (χ4n) is 2.95. The van der Waals surface area contributed by atoms with Crippen molar-refractivity contribution in [3.63, 3.8) is 0 Å². The molecule has 0 saturated carbocycles. The topological polar surface area (TPSA) is 58.2 Å². The van der Waals surface area contributed by atoms with Crippen LogP contribution < -0.4 is 4.74 Å². The predicted octanol–water partition coefficient (Wildman–Crippen LogP) is 4.21. The molecular formula is C21H23N3O2. The average Bonchev–Trinajstić information content (AvgIpc) is 3.17. The van der Waals surface area contributed by atoms with Crippen LogP contribution >= 0.6 is 0 Å². The Bertz CT molecular complexity index is 831. The molecule has 1 unspecified atom stereocenters. The van der Waals surface area contributed by atoms with Crippen LogP contribution in [0.15, 0.2) is 66.7 Å². The molecule has 1 amide bonds. The standard InChI is InChI=1S/C21H23N3O2/c1-3-20(16-10-6-4-7-11-16)24(2)21(25)19-14-17(22-23-19)15-26-18-12-8-5-9-13-18/h4-14,20H,3,15H2,1-2H3,(H,22,23). The monoisotopic (exact) mass is 349 g/mol. The van der Waals surface area contributed by atoms with Crippen LogP contribution in [-0.4, -0.2) is 28.1 Å². The van der Waals surface area contributed by atoms with Gasteiger partial charge in [0.2, 0.25) is 0 Å². The van der Waals surface area contributed by atoms with Gasteiger partial charge in [-0.25, -0.2) is 0 Å². The number of aromatic amines is 1. The van der Waals surface area contributed by atoms with E-state index in [-0.39, 0.29) is 11.9 Å². The maximum atomic E-state index is 12.8. The van der Waals surface area contributed by atoms with Gasteiger partial charge in [0.25, 0.3) is 5.91 Å². The molecule has 1 atom stereocenters. The van der Waals surface area contributed by atoms with Gasteiger partial charge < -0.3 is 9.64 Å². The van der Waals surface area contributed by atoms with Gasteiger partial charge in [0.1, 0.15) is 12.4 Å². The van der Waals surface area contributed by atoms with E-state index in [0.29, 0.717) is 12.3 Å². The number of hydrogen-bond acceptors (Lipinski definition) is 3. The van der Waals surface area contributed by atoms with Crippen molar-refractivity contribution in [3.05, 3.63) is 83.7 Å². The Morgan fingerprint density at radius 3 is 2.42 bits per heavy atom. The fraction of sp³-hybridized carbons (Fsp3) is 0.238. The smallest absolute Gasteiger partial charge is 0.274 e. The van der Waals surface area contributed by atoms with Crippen molar-refractivity contribution in [3.8, 4) is 5.75 Å². The van der Waals surface area contributed by atoms with Gasteiger partial charge >= 0.3 is 0 Å². The first-order chi connectivity index (χ1) is 12.7. The lowest BCUT2D eigenvalue weighted by molar-refractivity contribution is 0.0720. The summed E-state index contributed by atoms with van der Waals surface area (Å²) in [7, 11) is 1.82. The first kappa shape index (κ1) is 17.7. The second-order valence-electron chi connectivity index (χ2n) is 6.13. The molecule has 0 aliphatic carbocycles. The molecule has 134 valence electrons. The van der Waals surface area contributed by atoms with Crippen LogP contribution in [0, 0.1) is 0 Å². The number of benzene rings is 2. The van der Waals surface area contributed by atoms with E-state index in [1.807, 2.05) is 67.7 Å². The van der Waals surface area contributed by atoms with Crippen molar-refractivity contribution in [2.24, 2.45) is 0 Å². The summed E-state index contributed by atoms with van der Waals surface area (Å²) in [6, 6.07) is 21.4. The number of H-pyrrole nitrogens is 1. The van der Waals surface area contributed by atoms with Gasteiger partial charge in [0.15, 0.2) is 5.69 Å². The van der Waals surface area contributed by atoms with E-state index in [2.05, 4.69) is 17.1 Å². The lowest BCUT2D eigenvalue weighted by Gasteiger charge is -2.27. The van der Waals surface area contributed by atoms with Crippen LogP contribution in [-0.2, 0) is 6.61 Å². The van der Waals surface area contributed by atoms with E-state index in [0.717, 1.165) is 23.4 Å². The van der Waals surface area contributed by atoms with E-state index in [4.69, 9.17) is 4.74 Å². The van der Waals surface area contributed by atoms with E-state index in [1.165, 1.54) is 0 Å². The van der Waals surface area contributed by atoms with E-state index < -0.39 is 0 Å². The highest BCUT2D eigenvalue weighted by Crippen LogP contribution is 2.24. The van der Waals surface area contributed by atoms with Crippen molar-refractivity contribution in [2.75, 3.05) is 7.05 Å². The zero-order chi connectivity index (χ0) is 18.4. The molecule has 1 aromatic heterocycles. The molecule has 2 aromatic carbocycles. The Morgan fingerprint density at radius 2 is 1.77 bits per heavy atom. The van der Waals surface area contributed by atoms with Crippen LogP contribution in [0.1, 0.15) is 41.1 Å². The zero-order valence-electron chi connectivity index (χ0n) is 15.1. The molecule has 0 aliphatic heterocycles. The molecule has 1 N–H and O–H groups in total. The second kappa shape index (κ2) is 8.34. The lowest BCUT2D eigenvalue weighted by Crippen LogP contribution is -2.31. The Kier molecular flexibility index (Phi) is 5.69. The first-order valence-electron chi connectivity index (χ1n) is 8.73. The van der Waals surface area contributed by atoms with Crippen LogP contribution in [0.3, 0.4) is 0 Å². The summed E-state index contributed by atoms with van der Waals surface area (Å²) in [4.78, 5) is 14.6. The van der Waals surface area contributed by atoms with Gasteiger partial charge in [0, 0.05) is 7.05 Å². The van der Waals surface area contributed by atoms with Crippen LogP contribution in [0.5, 0.6) is 5.75 Å². The van der Waals surface area contributed by atoms with E-state index >= 15 is 0 Å². The Morgan fingerprint density at radius 1 is 1.12 bits per heavy atom. The second-order valence-corrected chi connectivity index (χ2v) is 6.13. The van der Waals surface area contributed by atoms with E-state index in [9.17, 15) is 4.79 Å². The molecule has 0 aliphatic rings. The summed E-state index contributed by atoms with van der Waals surface area (Å²) < 4.78 is 5.69. The molecule has 3 aromatic rings. The summed E-state index contributed by atoms with van der Waals surface area (Å²) in [5.74, 6) is 0.671. The van der Waals surface area contributed by atoms with Gasteiger partial charge in [-0.1, -0.05) is 55.5 Å². The SMILES string of the molecule is CCC(c1ccccc1)N(C)C(=O)c1cc(COc2ccccc2)[nH]n1. The number of carbonyl (C=O) groups excluding carboxylic acids is 1. The number of ether oxygens (including phenoxy) is 1. The predicted molar refractivity (Wildman–Crippen MR) is 101 cm³/mol. The molecule has 0 bridgehead atoms. The normalized spacial score (nSPS) is 11.8.